The van der Waals surface area contributed by atoms with Crippen molar-refractivity contribution in [3.63, 3.8) is 0 Å². The molecule has 1 aromatic rings. The monoisotopic (exact) mass is 270 g/mol. The Labute approximate surface area is 104 Å². The molecule has 0 aliphatic rings. The third-order valence-corrected chi connectivity index (χ3v) is 2.72. The summed E-state index contributed by atoms with van der Waals surface area (Å²) in [4.78, 5) is 11.4. The summed E-state index contributed by atoms with van der Waals surface area (Å²) in [5, 5.41) is 8.60. The molecule has 0 spiro atoms. The SMILES string of the molecule is CCOC(=O)N(c1ccc(C#N)cc1)S(=O)(=O)O. The van der Waals surface area contributed by atoms with E-state index in [0.29, 0.717) is 0 Å². The highest BCUT2D eigenvalue weighted by molar-refractivity contribution is 7.88. The lowest BCUT2D eigenvalue weighted by atomic mass is 10.2. The average Bonchev–Trinajstić information content (AvgIpc) is 2.28. The summed E-state index contributed by atoms with van der Waals surface area (Å²) in [5.41, 5.74) is 0.174. The lowest BCUT2D eigenvalue weighted by Gasteiger charge is -2.17. The van der Waals surface area contributed by atoms with Crippen LogP contribution in [0.1, 0.15) is 12.5 Å². The molecule has 0 saturated carbocycles. The fourth-order valence-corrected chi connectivity index (χ4v) is 1.82. The van der Waals surface area contributed by atoms with Gasteiger partial charge in [0.05, 0.1) is 23.9 Å². The maximum absolute atomic E-state index is 11.4. The third kappa shape index (κ3) is 3.19. The highest BCUT2D eigenvalue weighted by Crippen LogP contribution is 2.19. The first-order valence-electron chi connectivity index (χ1n) is 4.84. The quantitative estimate of drug-likeness (QED) is 0.830. The topological polar surface area (TPSA) is 108 Å². The fourth-order valence-electron chi connectivity index (χ4n) is 1.19. The van der Waals surface area contributed by atoms with Crippen molar-refractivity contribution in [1.29, 1.82) is 5.26 Å². The number of rotatable bonds is 3. The van der Waals surface area contributed by atoms with Gasteiger partial charge in [-0.3, -0.25) is 4.55 Å². The van der Waals surface area contributed by atoms with Crippen molar-refractivity contribution in [2.75, 3.05) is 10.9 Å². The number of hydrogen-bond acceptors (Lipinski definition) is 5. The first-order chi connectivity index (χ1) is 8.40. The van der Waals surface area contributed by atoms with Crippen LogP contribution in [0, 0.1) is 11.3 Å². The lowest BCUT2D eigenvalue weighted by Crippen LogP contribution is -2.36. The molecule has 0 radical (unpaired) electrons. The van der Waals surface area contributed by atoms with Crippen molar-refractivity contribution < 1.29 is 22.5 Å². The average molecular weight is 270 g/mol. The molecule has 0 bridgehead atoms. The van der Waals surface area contributed by atoms with Gasteiger partial charge in [-0.1, -0.05) is 0 Å². The second-order valence-corrected chi connectivity index (χ2v) is 4.36. The number of nitriles is 1. The van der Waals surface area contributed by atoms with E-state index in [1.807, 2.05) is 6.07 Å². The summed E-state index contributed by atoms with van der Waals surface area (Å²) in [5.74, 6) is 0. The van der Waals surface area contributed by atoms with Gasteiger partial charge in [0.2, 0.25) is 0 Å². The molecule has 0 fully saturated rings. The molecule has 0 aliphatic carbocycles. The second-order valence-electron chi connectivity index (χ2n) is 3.10. The zero-order valence-electron chi connectivity index (χ0n) is 9.40. The van der Waals surface area contributed by atoms with Crippen molar-refractivity contribution >= 4 is 22.1 Å². The number of benzene rings is 1. The van der Waals surface area contributed by atoms with E-state index in [4.69, 9.17) is 9.81 Å². The highest BCUT2D eigenvalue weighted by atomic mass is 32.2. The summed E-state index contributed by atoms with van der Waals surface area (Å²) in [7, 11) is -4.78. The lowest BCUT2D eigenvalue weighted by molar-refractivity contribution is 0.163. The van der Waals surface area contributed by atoms with Crippen LogP contribution in [0.15, 0.2) is 24.3 Å². The van der Waals surface area contributed by atoms with E-state index in [0.717, 1.165) is 0 Å². The largest absolute Gasteiger partial charge is 0.449 e. The molecule has 0 aromatic heterocycles. The molecular formula is C10H10N2O5S. The minimum Gasteiger partial charge on any atom is -0.449 e. The van der Waals surface area contributed by atoms with Gasteiger partial charge in [-0.15, -0.1) is 4.31 Å². The van der Waals surface area contributed by atoms with Crippen LogP contribution in [-0.2, 0) is 15.0 Å². The van der Waals surface area contributed by atoms with Gasteiger partial charge in [0.15, 0.2) is 0 Å². The van der Waals surface area contributed by atoms with E-state index in [1.54, 1.807) is 0 Å². The number of amides is 1. The molecule has 7 nitrogen and oxygen atoms in total. The van der Waals surface area contributed by atoms with E-state index < -0.39 is 16.4 Å². The zero-order chi connectivity index (χ0) is 13.8. The Hall–Kier alpha value is -2.11. The second kappa shape index (κ2) is 5.48. The Morgan fingerprint density at radius 2 is 2.00 bits per heavy atom. The predicted octanol–water partition coefficient (Wildman–Crippen LogP) is 1.32. The molecule has 0 atom stereocenters. The third-order valence-electron chi connectivity index (χ3n) is 1.90. The maximum atomic E-state index is 11.4. The molecule has 0 unspecified atom stereocenters. The van der Waals surface area contributed by atoms with E-state index >= 15 is 0 Å². The molecule has 1 amide bonds. The summed E-state index contributed by atoms with van der Waals surface area (Å²) in [6, 6.07) is 6.89. The molecule has 8 heteroatoms. The molecular weight excluding hydrogens is 260 g/mol. The molecule has 1 N–H and O–H groups in total. The van der Waals surface area contributed by atoms with E-state index in [1.165, 1.54) is 31.2 Å². The van der Waals surface area contributed by atoms with Crippen LogP contribution in [0.25, 0.3) is 0 Å². The number of carbonyl (C=O) groups excluding carboxylic acids is 1. The number of hydrogen-bond donors (Lipinski definition) is 1. The van der Waals surface area contributed by atoms with Crippen molar-refractivity contribution in [2.45, 2.75) is 6.92 Å². The van der Waals surface area contributed by atoms with Crippen molar-refractivity contribution in [3.05, 3.63) is 29.8 Å². The van der Waals surface area contributed by atoms with Crippen LogP contribution in [0.3, 0.4) is 0 Å². The van der Waals surface area contributed by atoms with Gasteiger partial charge < -0.3 is 4.74 Å². The summed E-state index contributed by atoms with van der Waals surface area (Å²) in [6.45, 7) is 1.46. The van der Waals surface area contributed by atoms with Crippen LogP contribution in [-0.4, -0.2) is 25.7 Å². The Morgan fingerprint density at radius 3 is 2.39 bits per heavy atom. The van der Waals surface area contributed by atoms with Crippen LogP contribution < -0.4 is 4.31 Å². The Bertz CT molecular complexity index is 573. The predicted molar refractivity (Wildman–Crippen MR) is 62.2 cm³/mol. The van der Waals surface area contributed by atoms with Gasteiger partial charge in [0.25, 0.3) is 0 Å². The van der Waals surface area contributed by atoms with Gasteiger partial charge in [-0.2, -0.15) is 13.7 Å². The zero-order valence-corrected chi connectivity index (χ0v) is 10.2. The summed E-state index contributed by atoms with van der Waals surface area (Å²) < 4.78 is 35.9. The maximum Gasteiger partial charge on any atom is 0.430 e. The number of carbonyl (C=O) groups is 1. The molecule has 0 heterocycles. The first kappa shape index (κ1) is 14.0. The Kier molecular flexibility index (Phi) is 4.25. The van der Waals surface area contributed by atoms with Crippen molar-refractivity contribution in [3.8, 4) is 6.07 Å². The normalized spacial score (nSPS) is 10.5. The van der Waals surface area contributed by atoms with Gasteiger partial charge >= 0.3 is 16.4 Å². The molecule has 0 saturated heterocycles. The first-order valence-corrected chi connectivity index (χ1v) is 6.24. The van der Waals surface area contributed by atoms with E-state index in [-0.39, 0.29) is 22.2 Å². The number of ether oxygens (including phenoxy) is 1. The minimum absolute atomic E-state index is 0.0405. The van der Waals surface area contributed by atoms with Gasteiger partial charge in [0, 0.05) is 0 Å². The summed E-state index contributed by atoms with van der Waals surface area (Å²) in [6.07, 6.45) is -1.22. The minimum atomic E-state index is -4.78. The van der Waals surface area contributed by atoms with Crippen molar-refractivity contribution in [2.24, 2.45) is 0 Å². The molecule has 96 valence electrons. The highest BCUT2D eigenvalue weighted by Gasteiger charge is 2.28. The van der Waals surface area contributed by atoms with Crippen LogP contribution >= 0.6 is 0 Å². The van der Waals surface area contributed by atoms with Crippen LogP contribution in [0.2, 0.25) is 0 Å². The van der Waals surface area contributed by atoms with Crippen LogP contribution in [0.4, 0.5) is 10.5 Å². The molecule has 18 heavy (non-hydrogen) atoms. The van der Waals surface area contributed by atoms with E-state index in [9.17, 15) is 13.2 Å². The molecule has 0 aliphatic heterocycles. The van der Waals surface area contributed by atoms with E-state index in [2.05, 4.69) is 4.74 Å². The number of nitrogens with zero attached hydrogens (tertiary/aromatic N) is 2. The number of anilines is 1. The smallest absolute Gasteiger partial charge is 0.430 e. The standard InChI is InChI=1S/C10H10N2O5S/c1-2-17-10(13)12(18(14,15)16)9-5-3-8(7-11)4-6-9/h3-6H,2H2,1H3,(H,14,15,16). The molecule has 1 aromatic carbocycles. The van der Waals surface area contributed by atoms with Crippen LogP contribution in [0.5, 0.6) is 0 Å². The van der Waals surface area contributed by atoms with Gasteiger partial charge in [-0.25, -0.2) is 4.79 Å². The van der Waals surface area contributed by atoms with Crippen molar-refractivity contribution in [1.82, 2.24) is 0 Å². The fraction of sp³-hybridized carbons (Fsp3) is 0.200. The summed E-state index contributed by atoms with van der Waals surface area (Å²) >= 11 is 0. The van der Waals surface area contributed by atoms with Gasteiger partial charge in [-0.05, 0) is 31.2 Å². The Morgan fingerprint density at radius 1 is 1.44 bits per heavy atom. The Balaban J connectivity index is 3.19. The van der Waals surface area contributed by atoms with Gasteiger partial charge in [0.1, 0.15) is 0 Å². The molecule has 1 rings (SSSR count).